The van der Waals surface area contributed by atoms with E-state index in [2.05, 4.69) is 10.3 Å². The van der Waals surface area contributed by atoms with Crippen LogP contribution in [0.1, 0.15) is 6.42 Å². The largest absolute Gasteiger partial charge is 0.354 e. The monoisotopic (exact) mass is 386 g/mol. The van der Waals surface area contributed by atoms with E-state index in [1.807, 2.05) is 41.1 Å². The van der Waals surface area contributed by atoms with Gasteiger partial charge in [-0.05, 0) is 17.9 Å². The Bertz CT molecular complexity index is 1010. The first-order valence-corrected chi connectivity index (χ1v) is 10.5. The van der Waals surface area contributed by atoms with E-state index in [1.165, 1.54) is 0 Å². The molecule has 2 aromatic carbocycles. The fourth-order valence-corrected chi connectivity index (χ4v) is 3.77. The molecule has 0 saturated heterocycles. The van der Waals surface area contributed by atoms with Crippen LogP contribution in [0.25, 0.3) is 10.8 Å². The molecular formula is C19H22N4O3S. The third-order valence-electron chi connectivity index (χ3n) is 4.20. The highest BCUT2D eigenvalue weighted by molar-refractivity contribution is 7.92. The number of rotatable bonds is 8. The number of benzene rings is 2. The van der Waals surface area contributed by atoms with Crippen LogP contribution in [0, 0.1) is 0 Å². The molecule has 0 aliphatic carbocycles. The number of carbonyl (C=O) groups excluding carboxylic acids is 1. The summed E-state index contributed by atoms with van der Waals surface area (Å²) in [6.45, 7) is 0.946. The van der Waals surface area contributed by atoms with Crippen molar-refractivity contribution in [3.8, 4) is 0 Å². The third kappa shape index (κ3) is 4.85. The number of aromatic nitrogens is 2. The zero-order valence-electron chi connectivity index (χ0n) is 15.1. The highest BCUT2D eigenvalue weighted by Gasteiger charge is 2.22. The SMILES string of the molecule is CS(=O)(=O)N(CC(=O)NCCCn1ccnc1)c1cccc2ccccc12. The summed E-state index contributed by atoms with van der Waals surface area (Å²) < 4.78 is 27.7. The molecule has 0 saturated carbocycles. The Morgan fingerprint density at radius 1 is 1.19 bits per heavy atom. The van der Waals surface area contributed by atoms with E-state index in [0.717, 1.165) is 34.3 Å². The summed E-state index contributed by atoms with van der Waals surface area (Å²) in [5.74, 6) is -0.334. The molecule has 1 amide bonds. The molecule has 0 radical (unpaired) electrons. The van der Waals surface area contributed by atoms with E-state index < -0.39 is 10.0 Å². The van der Waals surface area contributed by atoms with E-state index in [9.17, 15) is 13.2 Å². The van der Waals surface area contributed by atoms with Gasteiger partial charge in [0.2, 0.25) is 15.9 Å². The first kappa shape index (κ1) is 18.9. The zero-order valence-corrected chi connectivity index (χ0v) is 15.9. The molecule has 7 nitrogen and oxygen atoms in total. The van der Waals surface area contributed by atoms with Crippen LogP contribution in [0.2, 0.25) is 0 Å². The summed E-state index contributed by atoms with van der Waals surface area (Å²) in [6, 6.07) is 12.9. The number of imidazole rings is 1. The van der Waals surface area contributed by atoms with Crippen molar-refractivity contribution in [3.05, 3.63) is 61.2 Å². The number of nitrogens with one attached hydrogen (secondary N) is 1. The van der Waals surface area contributed by atoms with Crippen molar-refractivity contribution in [1.82, 2.24) is 14.9 Å². The quantitative estimate of drug-likeness (QED) is 0.600. The molecule has 0 aliphatic rings. The zero-order chi connectivity index (χ0) is 19.3. The van der Waals surface area contributed by atoms with Crippen LogP contribution in [0.5, 0.6) is 0 Å². The molecule has 1 heterocycles. The number of amides is 1. The maximum atomic E-state index is 12.3. The standard InChI is InChI=1S/C19H22N4O3S/c1-27(25,26)23(18-9-4-7-16-6-2-3-8-17(16)18)14-19(24)21-10-5-12-22-13-11-20-15-22/h2-4,6-9,11,13,15H,5,10,12,14H2,1H3,(H,21,24). The summed E-state index contributed by atoms with van der Waals surface area (Å²) in [4.78, 5) is 16.3. The minimum atomic E-state index is -3.61. The van der Waals surface area contributed by atoms with E-state index >= 15 is 0 Å². The van der Waals surface area contributed by atoms with Crippen molar-refractivity contribution in [1.29, 1.82) is 0 Å². The first-order valence-electron chi connectivity index (χ1n) is 8.63. The minimum absolute atomic E-state index is 0.252. The number of hydrogen-bond donors (Lipinski definition) is 1. The molecular weight excluding hydrogens is 364 g/mol. The second-order valence-corrected chi connectivity index (χ2v) is 8.18. The van der Waals surface area contributed by atoms with Gasteiger partial charge in [0.25, 0.3) is 0 Å². The lowest BCUT2D eigenvalue weighted by Gasteiger charge is -2.23. The lowest BCUT2D eigenvalue weighted by Crippen LogP contribution is -2.40. The highest BCUT2D eigenvalue weighted by atomic mass is 32.2. The van der Waals surface area contributed by atoms with Crippen molar-refractivity contribution >= 4 is 32.4 Å². The smallest absolute Gasteiger partial charge is 0.240 e. The molecule has 0 aliphatic heterocycles. The Balaban J connectivity index is 1.69. The number of nitrogens with zero attached hydrogens (tertiary/aromatic N) is 3. The van der Waals surface area contributed by atoms with Crippen LogP contribution in [-0.2, 0) is 21.4 Å². The predicted octanol–water partition coefficient (Wildman–Crippen LogP) is 2.01. The van der Waals surface area contributed by atoms with Gasteiger partial charge in [0.15, 0.2) is 0 Å². The average Bonchev–Trinajstić information content (AvgIpc) is 3.15. The van der Waals surface area contributed by atoms with Gasteiger partial charge in [-0.15, -0.1) is 0 Å². The van der Waals surface area contributed by atoms with Crippen molar-refractivity contribution in [2.75, 3.05) is 23.7 Å². The number of sulfonamides is 1. The van der Waals surface area contributed by atoms with Gasteiger partial charge in [-0.25, -0.2) is 13.4 Å². The summed E-state index contributed by atoms with van der Waals surface area (Å²) >= 11 is 0. The molecule has 0 unspecified atom stereocenters. The molecule has 1 N–H and O–H groups in total. The topological polar surface area (TPSA) is 84.3 Å². The van der Waals surface area contributed by atoms with Gasteiger partial charge in [0.05, 0.1) is 18.3 Å². The summed E-state index contributed by atoms with van der Waals surface area (Å²) in [5, 5.41) is 4.50. The number of hydrogen-bond acceptors (Lipinski definition) is 4. The molecule has 0 bridgehead atoms. The van der Waals surface area contributed by atoms with Gasteiger partial charge in [-0.2, -0.15) is 0 Å². The van der Waals surface area contributed by atoms with E-state index in [0.29, 0.717) is 12.2 Å². The van der Waals surface area contributed by atoms with Crippen molar-refractivity contribution in [2.24, 2.45) is 0 Å². The van der Waals surface area contributed by atoms with Crippen molar-refractivity contribution < 1.29 is 13.2 Å². The lowest BCUT2D eigenvalue weighted by atomic mass is 10.1. The van der Waals surface area contributed by atoms with Crippen LogP contribution in [0.3, 0.4) is 0 Å². The average molecular weight is 386 g/mol. The first-order chi connectivity index (χ1) is 12.9. The van der Waals surface area contributed by atoms with Gasteiger partial charge < -0.3 is 9.88 Å². The molecule has 0 atom stereocenters. The van der Waals surface area contributed by atoms with Gasteiger partial charge in [-0.1, -0.05) is 36.4 Å². The van der Waals surface area contributed by atoms with E-state index in [4.69, 9.17) is 0 Å². The highest BCUT2D eigenvalue weighted by Crippen LogP contribution is 2.28. The summed E-state index contributed by atoms with van der Waals surface area (Å²) in [6.07, 6.45) is 7.12. The summed E-state index contributed by atoms with van der Waals surface area (Å²) in [5.41, 5.74) is 0.504. The van der Waals surface area contributed by atoms with Crippen LogP contribution < -0.4 is 9.62 Å². The maximum Gasteiger partial charge on any atom is 0.240 e. The minimum Gasteiger partial charge on any atom is -0.354 e. The Kier molecular flexibility index (Phi) is 5.75. The fourth-order valence-electron chi connectivity index (χ4n) is 2.90. The molecule has 1 aromatic heterocycles. The Hall–Kier alpha value is -2.87. The normalized spacial score (nSPS) is 11.4. The van der Waals surface area contributed by atoms with Gasteiger partial charge >= 0.3 is 0 Å². The van der Waals surface area contributed by atoms with Crippen LogP contribution in [0.15, 0.2) is 61.2 Å². The summed E-state index contributed by atoms with van der Waals surface area (Å²) in [7, 11) is -3.61. The van der Waals surface area contributed by atoms with E-state index in [-0.39, 0.29) is 12.5 Å². The van der Waals surface area contributed by atoms with E-state index in [1.54, 1.807) is 24.7 Å². The van der Waals surface area contributed by atoms with Crippen molar-refractivity contribution in [3.63, 3.8) is 0 Å². The van der Waals surface area contributed by atoms with Crippen LogP contribution in [0.4, 0.5) is 5.69 Å². The molecule has 142 valence electrons. The third-order valence-corrected chi connectivity index (χ3v) is 5.32. The van der Waals surface area contributed by atoms with Gasteiger partial charge in [-0.3, -0.25) is 9.10 Å². The Morgan fingerprint density at radius 2 is 1.96 bits per heavy atom. The Labute approximate surface area is 158 Å². The molecule has 27 heavy (non-hydrogen) atoms. The second kappa shape index (κ2) is 8.22. The maximum absolute atomic E-state index is 12.3. The Morgan fingerprint density at radius 3 is 2.70 bits per heavy atom. The number of aryl methyl sites for hydroxylation is 1. The molecule has 0 spiro atoms. The second-order valence-electron chi connectivity index (χ2n) is 6.27. The number of anilines is 1. The van der Waals surface area contributed by atoms with Gasteiger partial charge in [0.1, 0.15) is 6.54 Å². The lowest BCUT2D eigenvalue weighted by molar-refractivity contribution is -0.119. The molecule has 8 heteroatoms. The molecule has 3 aromatic rings. The van der Waals surface area contributed by atoms with Crippen molar-refractivity contribution in [2.45, 2.75) is 13.0 Å². The fraction of sp³-hybridized carbons (Fsp3) is 0.263. The molecule has 0 fully saturated rings. The number of carbonyl (C=O) groups is 1. The molecule has 3 rings (SSSR count). The van der Waals surface area contributed by atoms with Crippen LogP contribution >= 0.6 is 0 Å². The predicted molar refractivity (Wildman–Crippen MR) is 106 cm³/mol. The number of fused-ring (bicyclic) bond motifs is 1. The van der Waals surface area contributed by atoms with Gasteiger partial charge in [0, 0.05) is 30.9 Å². The van der Waals surface area contributed by atoms with Crippen LogP contribution in [-0.4, -0.2) is 43.2 Å².